The third-order valence-corrected chi connectivity index (χ3v) is 12.0. The first-order chi connectivity index (χ1) is 26.3. The van der Waals surface area contributed by atoms with Gasteiger partial charge < -0.3 is 14.4 Å². The van der Waals surface area contributed by atoms with Gasteiger partial charge in [-0.3, -0.25) is 0 Å². The molecule has 0 aliphatic carbocycles. The maximum Gasteiger partial charge on any atom is 0.120 e. The molecule has 0 saturated carbocycles. The number of aromatic nitrogens is 2. The fraction of sp³-hybridized carbons (Fsp3) is 0.111. The van der Waals surface area contributed by atoms with E-state index in [-0.39, 0.29) is 20.1 Å². The number of benzene rings is 5. The number of hydrogen-bond donors (Lipinski definition) is 0. The summed E-state index contributed by atoms with van der Waals surface area (Å²) < 4.78 is 49.2. The van der Waals surface area contributed by atoms with Crippen molar-refractivity contribution in [2.75, 3.05) is 0 Å². The number of furan rings is 1. The van der Waals surface area contributed by atoms with Crippen molar-refractivity contribution >= 4 is 66.7 Å². The van der Waals surface area contributed by atoms with E-state index in [0.29, 0.717) is 28.0 Å². The molecule has 51 heavy (non-hydrogen) atoms. The third-order valence-electron chi connectivity index (χ3n) is 8.76. The summed E-state index contributed by atoms with van der Waals surface area (Å²) in [6.07, 6.45) is 1.98. The summed E-state index contributed by atoms with van der Waals surface area (Å²) in [6.45, 7) is 4.72. The van der Waals surface area contributed by atoms with Crippen molar-refractivity contribution in [3.05, 3.63) is 163 Å². The van der Waals surface area contributed by atoms with Crippen LogP contribution in [0.3, 0.4) is 0 Å². The number of para-hydroxylation sites is 1. The number of pyridine rings is 2. The van der Waals surface area contributed by atoms with Crippen LogP contribution in [0.2, 0.25) is 19.6 Å². The van der Waals surface area contributed by atoms with Crippen LogP contribution >= 0.6 is 11.3 Å². The van der Waals surface area contributed by atoms with Gasteiger partial charge in [-0.1, -0.05) is 128 Å². The Balaban J connectivity index is 0.000000169. The van der Waals surface area contributed by atoms with Crippen molar-refractivity contribution in [3.8, 4) is 22.5 Å². The van der Waals surface area contributed by atoms with E-state index in [9.17, 15) is 0 Å². The fourth-order valence-electron chi connectivity index (χ4n) is 6.16. The largest absolute Gasteiger partial charge is 0.501 e. The smallest absolute Gasteiger partial charge is 0.120 e. The van der Waals surface area contributed by atoms with Crippen LogP contribution in [0.25, 0.3) is 64.6 Å². The Hall–Kier alpha value is -4.71. The Morgan fingerprint density at radius 2 is 1.55 bits per heavy atom. The normalized spacial score (nSPS) is 13.4. The zero-order valence-corrected chi connectivity index (χ0v) is 32.5. The van der Waals surface area contributed by atoms with Crippen molar-refractivity contribution < 1.29 is 31.4 Å². The summed E-state index contributed by atoms with van der Waals surface area (Å²) in [7, 11) is -1.42. The molecule has 9 aromatic rings. The summed E-state index contributed by atoms with van der Waals surface area (Å²) in [5.41, 5.74) is 6.14. The van der Waals surface area contributed by atoms with Crippen LogP contribution in [0.5, 0.6) is 0 Å². The average Bonchev–Trinajstić information content (AvgIpc) is 3.77. The molecule has 0 aliphatic rings. The van der Waals surface area contributed by atoms with E-state index in [1.54, 1.807) is 47.9 Å². The van der Waals surface area contributed by atoms with E-state index in [1.165, 1.54) is 5.19 Å². The van der Waals surface area contributed by atoms with Crippen molar-refractivity contribution in [2.45, 2.75) is 32.9 Å². The van der Waals surface area contributed by atoms with E-state index < -0.39 is 21.3 Å². The molecule has 0 atom stereocenters. The standard InChI is InChI=1S/C24H16NO.C21H20NSSi.Ir/c1-2-7-17(8-3-1)15-18-13-14-25-22(16-18)21-11-6-10-20-19-9-4-5-12-23(19)26-24(20)21;1-14-9-11-16(18-12-10-15(13-22-18)24(2,3)4)21-20(14)17-7-5-6-8-19(17)23-21;/h1-10,12-14,16H,15H2;5-10,12-13H,1-4H3;/q2*-1;/i15D2;1D3;. The molecule has 9 rings (SSSR count). The summed E-state index contributed by atoms with van der Waals surface area (Å²) >= 11 is 1.61. The predicted octanol–water partition coefficient (Wildman–Crippen LogP) is 11.8. The molecule has 253 valence electrons. The quantitative estimate of drug-likeness (QED) is 0.128. The fourth-order valence-corrected chi connectivity index (χ4v) is 8.43. The van der Waals surface area contributed by atoms with Gasteiger partial charge in [-0.25, -0.2) is 0 Å². The maximum atomic E-state index is 8.62. The molecule has 0 aliphatic heterocycles. The predicted molar refractivity (Wildman–Crippen MR) is 214 cm³/mol. The van der Waals surface area contributed by atoms with Crippen molar-refractivity contribution in [1.29, 1.82) is 0 Å². The first-order valence-electron chi connectivity index (χ1n) is 19.0. The SMILES string of the molecule is [2H]C([2H])([2H])c1c[c-]c(-c2ccc([Si](C)(C)C)cn2)c2sc3ccccc3c12.[2H]C([2H])(c1ccccc1)c1ccnc(-c2[c-]ccc3c2oc2ccccc23)c1.[Ir]. The third kappa shape index (κ3) is 6.98. The first kappa shape index (κ1) is 28.9. The van der Waals surface area contributed by atoms with Gasteiger partial charge >= 0.3 is 0 Å². The molecule has 0 bridgehead atoms. The second-order valence-electron chi connectivity index (χ2n) is 13.2. The minimum absolute atomic E-state index is 0. The zero-order valence-electron chi connectivity index (χ0n) is 33.2. The molecule has 0 amide bonds. The molecular formula is C45H36IrN2OSSi-2. The molecule has 3 nitrogen and oxygen atoms in total. The van der Waals surface area contributed by atoms with Crippen LogP contribution in [-0.4, -0.2) is 18.0 Å². The number of thiophene rings is 1. The first-order valence-corrected chi connectivity index (χ1v) is 20.8. The van der Waals surface area contributed by atoms with Gasteiger partial charge in [0.2, 0.25) is 0 Å². The molecule has 0 fully saturated rings. The number of fused-ring (bicyclic) bond motifs is 6. The number of aryl methyl sites for hydroxylation is 1. The van der Waals surface area contributed by atoms with E-state index >= 15 is 0 Å². The topological polar surface area (TPSA) is 38.9 Å². The van der Waals surface area contributed by atoms with Gasteiger partial charge in [0.25, 0.3) is 0 Å². The van der Waals surface area contributed by atoms with Crippen molar-refractivity contribution in [1.82, 2.24) is 9.97 Å². The molecule has 0 saturated heterocycles. The Kier molecular flexibility index (Phi) is 8.22. The van der Waals surface area contributed by atoms with Crippen molar-refractivity contribution in [2.24, 2.45) is 0 Å². The number of rotatable bonds is 5. The molecule has 0 N–H and O–H groups in total. The van der Waals surface area contributed by atoms with Gasteiger partial charge in [-0.05, 0) is 62.4 Å². The van der Waals surface area contributed by atoms with Crippen molar-refractivity contribution in [3.63, 3.8) is 0 Å². The van der Waals surface area contributed by atoms with Crippen LogP contribution < -0.4 is 5.19 Å². The number of nitrogens with zero attached hydrogens (tertiary/aromatic N) is 2. The van der Waals surface area contributed by atoms with Gasteiger partial charge in [-0.15, -0.1) is 41.5 Å². The monoisotopic (exact) mass is 878 g/mol. The van der Waals surface area contributed by atoms with Crippen LogP contribution in [0.15, 0.2) is 138 Å². The maximum absolute atomic E-state index is 8.62. The minimum atomic E-state index is -2.17. The van der Waals surface area contributed by atoms with Gasteiger partial charge in [0, 0.05) is 49.4 Å². The molecule has 0 spiro atoms. The van der Waals surface area contributed by atoms with E-state index in [0.717, 1.165) is 53.3 Å². The van der Waals surface area contributed by atoms with Gasteiger partial charge in [-0.2, -0.15) is 11.3 Å². The molecule has 5 aromatic carbocycles. The zero-order chi connectivity index (χ0) is 38.5. The molecular weight excluding hydrogens is 837 g/mol. The molecule has 6 heteroatoms. The Labute approximate surface area is 324 Å². The summed E-state index contributed by atoms with van der Waals surface area (Å²) in [6, 6.07) is 44.7. The Morgan fingerprint density at radius 1 is 0.765 bits per heavy atom. The second kappa shape index (κ2) is 14.5. The molecule has 1 radical (unpaired) electrons. The van der Waals surface area contributed by atoms with Gasteiger partial charge in [0.1, 0.15) is 5.58 Å². The average molecular weight is 878 g/mol. The Morgan fingerprint density at radius 3 is 2.33 bits per heavy atom. The summed E-state index contributed by atoms with van der Waals surface area (Å²) in [5, 5.41) is 5.14. The van der Waals surface area contributed by atoms with E-state index in [2.05, 4.69) is 42.8 Å². The summed E-state index contributed by atoms with van der Waals surface area (Å²) in [5.74, 6) is 0. The molecule has 4 aromatic heterocycles. The van der Waals surface area contributed by atoms with Gasteiger partial charge in [0.15, 0.2) is 0 Å². The summed E-state index contributed by atoms with van der Waals surface area (Å²) in [4.78, 5) is 9.18. The van der Waals surface area contributed by atoms with E-state index in [1.807, 2.05) is 91.1 Å². The molecule has 0 unspecified atom stereocenters. The van der Waals surface area contributed by atoms with Crippen LogP contribution in [0.4, 0.5) is 0 Å². The van der Waals surface area contributed by atoms with E-state index in [4.69, 9.17) is 16.3 Å². The molecule has 4 heterocycles. The second-order valence-corrected chi connectivity index (χ2v) is 19.3. The van der Waals surface area contributed by atoms with Gasteiger partial charge in [0.05, 0.1) is 13.7 Å². The van der Waals surface area contributed by atoms with Crippen LogP contribution in [0, 0.1) is 19.0 Å². The number of hydrogen-bond acceptors (Lipinski definition) is 4. The Bertz CT molecular complexity index is 2830. The minimum Gasteiger partial charge on any atom is -0.501 e. The van der Waals surface area contributed by atoms with Crippen LogP contribution in [0.1, 0.15) is 23.5 Å². The van der Waals surface area contributed by atoms with Crippen LogP contribution in [-0.2, 0) is 26.5 Å².